The average Bonchev–Trinajstić information content (AvgIpc) is 3.25. The summed E-state index contributed by atoms with van der Waals surface area (Å²) < 4.78 is 5.29. The summed E-state index contributed by atoms with van der Waals surface area (Å²) in [5.41, 5.74) is 1.27. The molecule has 1 unspecified atom stereocenters. The molecule has 1 saturated heterocycles. The number of hydrogen-bond donors (Lipinski definition) is 2. The minimum absolute atomic E-state index is 0. The van der Waals surface area contributed by atoms with Crippen LogP contribution in [0.1, 0.15) is 57.4 Å². The van der Waals surface area contributed by atoms with Gasteiger partial charge in [-0.05, 0) is 56.7 Å². The van der Waals surface area contributed by atoms with Crippen LogP contribution in [0.15, 0.2) is 29.3 Å². The van der Waals surface area contributed by atoms with Crippen LogP contribution < -0.4 is 15.4 Å². The van der Waals surface area contributed by atoms with Crippen molar-refractivity contribution in [1.82, 2.24) is 15.5 Å². The number of nitrogens with zero attached hydrogens (tertiary/aromatic N) is 2. The number of rotatable bonds is 8. The predicted molar refractivity (Wildman–Crippen MR) is 137 cm³/mol. The lowest BCUT2D eigenvalue weighted by molar-refractivity contribution is -0.135. The molecule has 7 heteroatoms. The molecule has 1 aromatic carbocycles. The van der Waals surface area contributed by atoms with Crippen LogP contribution in [0.2, 0.25) is 0 Å². The molecule has 1 atom stereocenters. The number of benzene rings is 1. The summed E-state index contributed by atoms with van der Waals surface area (Å²) in [4.78, 5) is 19.6. The van der Waals surface area contributed by atoms with E-state index in [0.717, 1.165) is 70.0 Å². The average molecular weight is 543 g/mol. The van der Waals surface area contributed by atoms with Gasteiger partial charge in [0.15, 0.2) is 5.96 Å². The van der Waals surface area contributed by atoms with E-state index in [1.54, 1.807) is 7.11 Å². The first kappa shape index (κ1) is 25.7. The van der Waals surface area contributed by atoms with Crippen molar-refractivity contribution in [2.75, 3.05) is 33.3 Å². The van der Waals surface area contributed by atoms with E-state index in [9.17, 15) is 4.79 Å². The second kappa shape index (κ2) is 13.8. The van der Waals surface area contributed by atoms with Gasteiger partial charge in [-0.1, -0.05) is 31.4 Å². The Morgan fingerprint density at radius 3 is 2.77 bits per heavy atom. The first-order valence-electron chi connectivity index (χ1n) is 11.7. The number of likely N-dealkylation sites (tertiary alicyclic amines) is 1. The Bertz CT molecular complexity index is 707. The summed E-state index contributed by atoms with van der Waals surface area (Å²) in [6.45, 7) is 5.34. The molecule has 0 aromatic heterocycles. The number of carbonyl (C=O) groups excluding carboxylic acids is 1. The molecule has 6 nitrogen and oxygen atoms in total. The fourth-order valence-electron chi connectivity index (χ4n) is 4.50. The highest BCUT2D eigenvalue weighted by atomic mass is 127. The molecule has 3 rings (SSSR count). The van der Waals surface area contributed by atoms with E-state index in [1.807, 2.05) is 12.1 Å². The van der Waals surface area contributed by atoms with Crippen molar-refractivity contribution in [2.45, 2.75) is 64.3 Å². The maximum absolute atomic E-state index is 12.8. The van der Waals surface area contributed by atoms with Crippen molar-refractivity contribution in [3.8, 4) is 5.75 Å². The fourth-order valence-corrected chi connectivity index (χ4v) is 4.50. The molecule has 1 aromatic rings. The predicted octanol–water partition coefficient (Wildman–Crippen LogP) is 3.98. The van der Waals surface area contributed by atoms with Gasteiger partial charge in [0.1, 0.15) is 5.75 Å². The van der Waals surface area contributed by atoms with E-state index in [-0.39, 0.29) is 35.9 Å². The second-order valence-corrected chi connectivity index (χ2v) is 8.46. The van der Waals surface area contributed by atoms with Crippen LogP contribution in [-0.2, 0) is 11.2 Å². The zero-order valence-corrected chi connectivity index (χ0v) is 21.4. The monoisotopic (exact) mass is 542 g/mol. The van der Waals surface area contributed by atoms with Crippen LogP contribution in [0.5, 0.6) is 5.75 Å². The number of hydrogen-bond acceptors (Lipinski definition) is 3. The third kappa shape index (κ3) is 8.16. The maximum Gasteiger partial charge on any atom is 0.225 e. The number of halogens is 1. The van der Waals surface area contributed by atoms with Crippen molar-refractivity contribution >= 4 is 35.8 Å². The quantitative estimate of drug-likeness (QED) is 0.226. The minimum atomic E-state index is 0. The molecule has 31 heavy (non-hydrogen) atoms. The van der Waals surface area contributed by atoms with Crippen molar-refractivity contribution in [2.24, 2.45) is 10.9 Å². The number of carbonyl (C=O) groups is 1. The van der Waals surface area contributed by atoms with Crippen LogP contribution in [0.4, 0.5) is 0 Å². The van der Waals surface area contributed by atoms with Crippen molar-refractivity contribution in [3.63, 3.8) is 0 Å². The van der Waals surface area contributed by atoms with Crippen molar-refractivity contribution in [3.05, 3.63) is 29.8 Å². The second-order valence-electron chi connectivity index (χ2n) is 8.46. The lowest BCUT2D eigenvalue weighted by Gasteiger charge is -2.26. The minimum Gasteiger partial charge on any atom is -0.497 e. The molecule has 1 aliphatic carbocycles. The lowest BCUT2D eigenvalue weighted by atomic mass is 9.88. The summed E-state index contributed by atoms with van der Waals surface area (Å²) in [5, 5.41) is 6.90. The third-order valence-electron chi connectivity index (χ3n) is 6.17. The highest BCUT2D eigenvalue weighted by Gasteiger charge is 2.31. The number of aryl methyl sites for hydroxylation is 1. The van der Waals surface area contributed by atoms with Crippen LogP contribution in [0, 0.1) is 5.92 Å². The molecule has 1 amide bonds. The molecule has 0 spiro atoms. The molecule has 0 bridgehead atoms. The molecule has 2 N–H and O–H groups in total. The summed E-state index contributed by atoms with van der Waals surface area (Å²) in [6, 6.07) is 8.51. The van der Waals surface area contributed by atoms with Gasteiger partial charge in [0.2, 0.25) is 5.91 Å². The molecule has 174 valence electrons. The van der Waals surface area contributed by atoms with Crippen LogP contribution in [0.3, 0.4) is 0 Å². The lowest BCUT2D eigenvalue weighted by Crippen LogP contribution is -2.45. The number of ether oxygens (including phenoxy) is 1. The van der Waals surface area contributed by atoms with E-state index in [2.05, 4.69) is 34.6 Å². The Kier molecular flexibility index (Phi) is 11.5. The fraction of sp³-hybridized carbons (Fsp3) is 0.667. The van der Waals surface area contributed by atoms with Crippen molar-refractivity contribution in [1.29, 1.82) is 0 Å². The number of methoxy groups -OCH3 is 1. The highest BCUT2D eigenvalue weighted by Crippen LogP contribution is 2.26. The van der Waals surface area contributed by atoms with Crippen LogP contribution in [0.25, 0.3) is 0 Å². The normalized spacial score (nSPS) is 19.6. The van der Waals surface area contributed by atoms with E-state index in [0.29, 0.717) is 5.91 Å². The summed E-state index contributed by atoms with van der Waals surface area (Å²) in [6.07, 6.45) is 8.81. The third-order valence-corrected chi connectivity index (χ3v) is 6.17. The van der Waals surface area contributed by atoms with Gasteiger partial charge in [0.05, 0.1) is 7.11 Å². The van der Waals surface area contributed by atoms with Crippen molar-refractivity contribution < 1.29 is 9.53 Å². The molecular weight excluding hydrogens is 503 g/mol. The van der Waals surface area contributed by atoms with E-state index in [4.69, 9.17) is 9.73 Å². The summed E-state index contributed by atoms with van der Waals surface area (Å²) >= 11 is 0. The Morgan fingerprint density at radius 2 is 2.03 bits per heavy atom. The molecule has 1 aliphatic heterocycles. The largest absolute Gasteiger partial charge is 0.497 e. The van der Waals surface area contributed by atoms with Crippen LogP contribution in [-0.4, -0.2) is 56.1 Å². The molecule has 2 aliphatic rings. The SMILES string of the molecule is CCNC(=NCCCc1cccc(OC)c1)NC1CCN(C(=O)C2CCCCC2)C1.I. The Morgan fingerprint density at radius 1 is 1.23 bits per heavy atom. The molecular formula is C24H39IN4O2. The molecule has 1 saturated carbocycles. The number of amides is 1. The smallest absolute Gasteiger partial charge is 0.225 e. The van der Waals surface area contributed by atoms with Gasteiger partial charge < -0.3 is 20.3 Å². The Labute approximate surface area is 204 Å². The standard InChI is InChI=1S/C24H38N4O2.HI/c1-3-25-24(26-15-8-10-19-9-7-13-22(17-19)30-2)27-21-14-16-28(18-21)23(29)20-11-5-4-6-12-20;/h7,9,13,17,20-21H,3-6,8,10-12,14-16,18H2,1-2H3,(H2,25,26,27);1H. The molecule has 1 heterocycles. The number of nitrogens with one attached hydrogen (secondary N) is 2. The van der Waals surface area contributed by atoms with Gasteiger partial charge in [-0.3, -0.25) is 9.79 Å². The van der Waals surface area contributed by atoms with Crippen LogP contribution >= 0.6 is 24.0 Å². The van der Waals surface area contributed by atoms with Gasteiger partial charge in [-0.15, -0.1) is 24.0 Å². The van der Waals surface area contributed by atoms with Gasteiger partial charge in [-0.2, -0.15) is 0 Å². The zero-order valence-electron chi connectivity index (χ0n) is 19.1. The Balaban J connectivity index is 0.00000341. The summed E-state index contributed by atoms with van der Waals surface area (Å²) in [7, 11) is 1.70. The van der Waals surface area contributed by atoms with E-state index in [1.165, 1.54) is 24.8 Å². The first-order chi connectivity index (χ1) is 14.7. The van der Waals surface area contributed by atoms with Gasteiger partial charge in [0.25, 0.3) is 0 Å². The molecule has 0 radical (unpaired) electrons. The Hall–Kier alpha value is -1.51. The van der Waals surface area contributed by atoms with E-state index >= 15 is 0 Å². The topological polar surface area (TPSA) is 66.0 Å². The van der Waals surface area contributed by atoms with Gasteiger partial charge in [0, 0.05) is 38.1 Å². The van der Waals surface area contributed by atoms with Gasteiger partial charge >= 0.3 is 0 Å². The number of aliphatic imine (C=N–C) groups is 1. The maximum atomic E-state index is 12.8. The zero-order chi connectivity index (χ0) is 21.2. The highest BCUT2D eigenvalue weighted by molar-refractivity contribution is 14.0. The summed E-state index contributed by atoms with van der Waals surface area (Å²) in [5.74, 6) is 2.40. The number of guanidine groups is 1. The van der Waals surface area contributed by atoms with Gasteiger partial charge in [-0.25, -0.2) is 0 Å². The molecule has 2 fully saturated rings. The van der Waals surface area contributed by atoms with E-state index < -0.39 is 0 Å². The first-order valence-corrected chi connectivity index (χ1v) is 11.7.